The van der Waals surface area contributed by atoms with Crippen LogP contribution in [0, 0.1) is 0 Å². The first-order valence-corrected chi connectivity index (χ1v) is 18.9. The zero-order valence-electron chi connectivity index (χ0n) is 30.3. The predicted molar refractivity (Wildman–Crippen MR) is 230 cm³/mol. The lowest BCUT2D eigenvalue weighted by molar-refractivity contribution is 1.07. The summed E-state index contributed by atoms with van der Waals surface area (Å²) >= 11 is 0. The van der Waals surface area contributed by atoms with E-state index in [0.29, 0.717) is 17.5 Å². The average Bonchev–Trinajstić information content (AvgIpc) is 3.80. The van der Waals surface area contributed by atoms with E-state index in [1.54, 1.807) is 0 Å². The summed E-state index contributed by atoms with van der Waals surface area (Å²) in [5.74, 6) is 1.88. The van der Waals surface area contributed by atoms with Crippen LogP contribution in [0.5, 0.6) is 0 Å². The molecule has 0 aliphatic carbocycles. The first-order chi connectivity index (χ1) is 27.8. The summed E-state index contributed by atoms with van der Waals surface area (Å²) in [6, 6.07) is 70.3. The maximum atomic E-state index is 5.24. The average molecular weight is 716 g/mol. The van der Waals surface area contributed by atoms with Crippen molar-refractivity contribution in [1.82, 2.24) is 24.1 Å². The highest BCUT2D eigenvalue weighted by Crippen LogP contribution is 2.40. The van der Waals surface area contributed by atoms with Gasteiger partial charge in [-0.05, 0) is 53.6 Å². The van der Waals surface area contributed by atoms with Gasteiger partial charge in [0.05, 0.1) is 22.1 Å². The zero-order valence-corrected chi connectivity index (χ0v) is 30.3. The van der Waals surface area contributed by atoms with Crippen molar-refractivity contribution in [3.8, 4) is 56.7 Å². The highest BCUT2D eigenvalue weighted by atomic mass is 15.1. The molecule has 0 spiro atoms. The molecule has 5 heteroatoms. The molecule has 3 aromatic heterocycles. The monoisotopic (exact) mass is 715 g/mol. The van der Waals surface area contributed by atoms with Gasteiger partial charge in [0.2, 0.25) is 0 Å². The van der Waals surface area contributed by atoms with Gasteiger partial charge in [0.25, 0.3) is 0 Å². The molecule has 0 atom stereocenters. The van der Waals surface area contributed by atoms with E-state index in [1.165, 1.54) is 27.4 Å². The molecular weight excluding hydrogens is 683 g/mol. The summed E-state index contributed by atoms with van der Waals surface area (Å²) in [6.07, 6.45) is 0. The van der Waals surface area contributed by atoms with Gasteiger partial charge >= 0.3 is 0 Å². The van der Waals surface area contributed by atoms with Crippen LogP contribution >= 0.6 is 0 Å². The summed E-state index contributed by atoms with van der Waals surface area (Å²) in [4.78, 5) is 15.5. The Balaban J connectivity index is 1.16. The lowest BCUT2D eigenvalue weighted by atomic mass is 10.0. The number of benzene rings is 8. The molecule has 0 aliphatic rings. The van der Waals surface area contributed by atoms with Crippen LogP contribution in [0.1, 0.15) is 0 Å². The topological polar surface area (TPSA) is 48.5 Å². The van der Waals surface area contributed by atoms with Gasteiger partial charge in [-0.1, -0.05) is 158 Å². The normalized spacial score (nSPS) is 11.6. The molecule has 11 rings (SSSR count). The van der Waals surface area contributed by atoms with E-state index in [0.717, 1.165) is 55.4 Å². The van der Waals surface area contributed by atoms with Gasteiger partial charge < -0.3 is 9.13 Å². The van der Waals surface area contributed by atoms with Crippen molar-refractivity contribution in [2.24, 2.45) is 0 Å². The Morgan fingerprint density at radius 1 is 0.286 bits per heavy atom. The minimum Gasteiger partial charge on any atom is -0.309 e. The van der Waals surface area contributed by atoms with Crippen molar-refractivity contribution in [2.45, 2.75) is 0 Å². The third-order valence-electron chi connectivity index (χ3n) is 10.8. The smallest absolute Gasteiger partial charge is 0.166 e. The van der Waals surface area contributed by atoms with E-state index < -0.39 is 0 Å². The molecule has 262 valence electrons. The first kappa shape index (κ1) is 31.9. The standard InChI is InChI=1S/C51H33N5/c1-4-15-34(16-5-1)35-27-29-37(30-28-35)50-52-49(36-17-6-2-7-18-36)53-51(54-50)44-24-14-23-43-42-32-31-39(33-47(42)56(48(43)44)38-19-8-3-9-20-38)55-45-25-12-10-21-40(45)41-22-11-13-26-46(41)55/h1-33H. The van der Waals surface area contributed by atoms with Crippen LogP contribution in [0.25, 0.3) is 100 Å². The highest BCUT2D eigenvalue weighted by Gasteiger charge is 2.21. The first-order valence-electron chi connectivity index (χ1n) is 18.9. The van der Waals surface area contributed by atoms with Crippen LogP contribution in [0.2, 0.25) is 0 Å². The van der Waals surface area contributed by atoms with E-state index in [-0.39, 0.29) is 0 Å². The summed E-state index contributed by atoms with van der Waals surface area (Å²) < 4.78 is 4.75. The van der Waals surface area contributed by atoms with Crippen molar-refractivity contribution in [3.05, 3.63) is 200 Å². The van der Waals surface area contributed by atoms with Crippen molar-refractivity contribution in [1.29, 1.82) is 0 Å². The Labute approximate surface area is 323 Å². The van der Waals surface area contributed by atoms with E-state index in [4.69, 9.17) is 15.0 Å². The summed E-state index contributed by atoms with van der Waals surface area (Å²) in [5.41, 5.74) is 11.8. The second kappa shape index (κ2) is 13.0. The fourth-order valence-corrected chi connectivity index (χ4v) is 8.20. The molecule has 0 N–H and O–H groups in total. The lowest BCUT2D eigenvalue weighted by Crippen LogP contribution is -2.02. The van der Waals surface area contributed by atoms with E-state index in [1.807, 2.05) is 24.3 Å². The Morgan fingerprint density at radius 3 is 1.43 bits per heavy atom. The molecule has 56 heavy (non-hydrogen) atoms. The number of para-hydroxylation sites is 4. The second-order valence-electron chi connectivity index (χ2n) is 14.1. The fourth-order valence-electron chi connectivity index (χ4n) is 8.20. The van der Waals surface area contributed by atoms with Gasteiger partial charge in [-0.3, -0.25) is 0 Å². The Bertz CT molecular complexity index is 3170. The number of fused-ring (bicyclic) bond motifs is 6. The molecule has 0 saturated carbocycles. The quantitative estimate of drug-likeness (QED) is 0.172. The van der Waals surface area contributed by atoms with Crippen LogP contribution in [0.15, 0.2) is 200 Å². The van der Waals surface area contributed by atoms with Crippen molar-refractivity contribution in [2.75, 3.05) is 0 Å². The van der Waals surface area contributed by atoms with Gasteiger partial charge in [0.1, 0.15) is 0 Å². The molecule has 0 saturated heterocycles. The van der Waals surface area contributed by atoms with Gasteiger partial charge in [0.15, 0.2) is 17.5 Å². The fraction of sp³-hybridized carbons (Fsp3) is 0. The third-order valence-corrected chi connectivity index (χ3v) is 10.8. The van der Waals surface area contributed by atoms with E-state index in [9.17, 15) is 0 Å². The largest absolute Gasteiger partial charge is 0.309 e. The molecule has 0 bridgehead atoms. The predicted octanol–water partition coefficient (Wildman–Crippen LogP) is 12.7. The number of rotatable bonds is 6. The molecule has 0 unspecified atom stereocenters. The van der Waals surface area contributed by atoms with E-state index >= 15 is 0 Å². The molecule has 0 fully saturated rings. The minimum absolute atomic E-state index is 0.620. The number of nitrogens with zero attached hydrogens (tertiary/aromatic N) is 5. The van der Waals surface area contributed by atoms with Crippen LogP contribution in [-0.2, 0) is 0 Å². The molecule has 0 aliphatic heterocycles. The van der Waals surface area contributed by atoms with Crippen LogP contribution in [-0.4, -0.2) is 24.1 Å². The lowest BCUT2D eigenvalue weighted by Gasteiger charge is -2.13. The van der Waals surface area contributed by atoms with Crippen LogP contribution in [0.3, 0.4) is 0 Å². The number of hydrogen-bond acceptors (Lipinski definition) is 3. The van der Waals surface area contributed by atoms with Gasteiger partial charge in [-0.25, -0.2) is 15.0 Å². The Kier molecular flexibility index (Phi) is 7.42. The molecular formula is C51H33N5. The van der Waals surface area contributed by atoms with Crippen molar-refractivity contribution >= 4 is 43.6 Å². The molecule has 8 aromatic carbocycles. The van der Waals surface area contributed by atoms with E-state index in [2.05, 4.69) is 185 Å². The number of aromatic nitrogens is 5. The Hall–Kier alpha value is -7.63. The van der Waals surface area contributed by atoms with Crippen molar-refractivity contribution in [3.63, 3.8) is 0 Å². The highest BCUT2D eigenvalue weighted by molar-refractivity contribution is 6.14. The number of hydrogen-bond donors (Lipinski definition) is 0. The van der Waals surface area contributed by atoms with Crippen molar-refractivity contribution < 1.29 is 0 Å². The molecule has 3 heterocycles. The summed E-state index contributed by atoms with van der Waals surface area (Å²) in [6.45, 7) is 0. The summed E-state index contributed by atoms with van der Waals surface area (Å²) in [5, 5.41) is 4.77. The molecule has 0 radical (unpaired) electrons. The SMILES string of the molecule is c1ccc(-c2ccc(-c3nc(-c4ccccc4)nc(-c4cccc5c6ccc(-n7c8ccccc8c8ccccc87)cc6n(-c6ccccc6)c45)n3)cc2)cc1. The third kappa shape index (κ3) is 5.21. The van der Waals surface area contributed by atoms with Gasteiger partial charge in [0, 0.05) is 49.6 Å². The maximum Gasteiger partial charge on any atom is 0.166 e. The molecule has 11 aromatic rings. The van der Waals surface area contributed by atoms with Gasteiger partial charge in [-0.2, -0.15) is 0 Å². The summed E-state index contributed by atoms with van der Waals surface area (Å²) in [7, 11) is 0. The van der Waals surface area contributed by atoms with Crippen LogP contribution < -0.4 is 0 Å². The molecule has 0 amide bonds. The second-order valence-corrected chi connectivity index (χ2v) is 14.1. The van der Waals surface area contributed by atoms with Gasteiger partial charge in [-0.15, -0.1) is 0 Å². The minimum atomic E-state index is 0.620. The van der Waals surface area contributed by atoms with Crippen LogP contribution in [0.4, 0.5) is 0 Å². The zero-order chi connectivity index (χ0) is 37.0. The maximum absolute atomic E-state index is 5.24. The molecule has 5 nitrogen and oxygen atoms in total. The Morgan fingerprint density at radius 2 is 0.768 bits per heavy atom.